The van der Waals surface area contributed by atoms with Crippen LogP contribution in [0.1, 0.15) is 24.2 Å². The van der Waals surface area contributed by atoms with Crippen molar-refractivity contribution in [3.05, 3.63) is 94.2 Å². The van der Waals surface area contributed by atoms with Gasteiger partial charge < -0.3 is 39.9 Å². The molecule has 64 heavy (non-hydrogen) atoms. The predicted molar refractivity (Wildman–Crippen MR) is 248 cm³/mol. The van der Waals surface area contributed by atoms with E-state index in [2.05, 4.69) is 44.3 Å². The Balaban J connectivity index is 1.07. The number of carbonyl (C=O) groups is 2. The van der Waals surface area contributed by atoms with Crippen LogP contribution in [0.3, 0.4) is 0 Å². The molecule has 2 aliphatic heterocycles. The lowest BCUT2D eigenvalue weighted by atomic mass is 10.0. The average molecular weight is 910 g/mol. The van der Waals surface area contributed by atoms with Crippen molar-refractivity contribution < 1.29 is 24.2 Å². The molecular formula is C45H50Cl2N12O5. The summed E-state index contributed by atoms with van der Waals surface area (Å²) in [7, 11) is 4.21. The molecule has 0 aliphatic carbocycles. The van der Waals surface area contributed by atoms with Crippen molar-refractivity contribution in [3.63, 3.8) is 0 Å². The van der Waals surface area contributed by atoms with E-state index in [1.165, 1.54) is 0 Å². The van der Waals surface area contributed by atoms with Crippen LogP contribution in [0.15, 0.2) is 72.8 Å². The summed E-state index contributed by atoms with van der Waals surface area (Å²) in [5.74, 6) is 0.641. The third kappa shape index (κ3) is 10.5. The number of rotatable bonds is 14. The predicted octanol–water partition coefficient (Wildman–Crippen LogP) is 5.40. The number of aliphatic hydroxyl groups is 1. The molecule has 19 heteroatoms. The second-order valence-electron chi connectivity index (χ2n) is 16.0. The SMILES string of the molecule is Cc1nc(N2CCC(N(C)C)CC2)nc2ccc(NC(=O)C(Oc3ccc(Cl)cc3)C(Oc3ccc(Cl)cc3)C(=O)Nc3ccc4nc(N5CCN(CCO)CC5)nc(C)c4n3)nc12. The highest BCUT2D eigenvalue weighted by molar-refractivity contribution is 6.30. The largest absolute Gasteiger partial charge is 0.476 e. The summed E-state index contributed by atoms with van der Waals surface area (Å²) in [6.45, 7) is 9.14. The van der Waals surface area contributed by atoms with Gasteiger partial charge in [-0.3, -0.25) is 14.5 Å². The Morgan fingerprint density at radius 2 is 1.09 bits per heavy atom. The quantitative estimate of drug-likeness (QED) is 0.126. The van der Waals surface area contributed by atoms with Gasteiger partial charge in [0.2, 0.25) is 24.1 Å². The van der Waals surface area contributed by atoms with Crippen LogP contribution in [0.2, 0.25) is 10.0 Å². The van der Waals surface area contributed by atoms with Crippen LogP contribution in [0.4, 0.5) is 23.5 Å². The highest BCUT2D eigenvalue weighted by Crippen LogP contribution is 2.27. The van der Waals surface area contributed by atoms with E-state index in [9.17, 15) is 14.7 Å². The van der Waals surface area contributed by atoms with E-state index < -0.39 is 24.0 Å². The number of ether oxygens (including phenoxy) is 2. The first-order chi connectivity index (χ1) is 30.9. The molecule has 3 N–H and O–H groups in total. The first-order valence-electron chi connectivity index (χ1n) is 21.2. The molecule has 6 heterocycles. The first-order valence-corrected chi connectivity index (χ1v) is 21.9. The number of aryl methyl sites for hydroxylation is 2. The zero-order valence-corrected chi connectivity index (χ0v) is 37.6. The maximum absolute atomic E-state index is 14.5. The van der Waals surface area contributed by atoms with Gasteiger partial charge in [0.15, 0.2) is 0 Å². The summed E-state index contributed by atoms with van der Waals surface area (Å²) in [6.07, 6.45) is -1.16. The van der Waals surface area contributed by atoms with Gasteiger partial charge in [-0.25, -0.2) is 29.9 Å². The fourth-order valence-electron chi connectivity index (χ4n) is 7.82. The number of piperazine rings is 1. The van der Waals surface area contributed by atoms with Gasteiger partial charge in [0.25, 0.3) is 11.8 Å². The summed E-state index contributed by atoms with van der Waals surface area (Å²) in [4.78, 5) is 66.5. The van der Waals surface area contributed by atoms with E-state index >= 15 is 0 Å². The van der Waals surface area contributed by atoms with Crippen molar-refractivity contribution in [2.24, 2.45) is 0 Å². The van der Waals surface area contributed by atoms with Crippen LogP contribution in [0.5, 0.6) is 11.5 Å². The van der Waals surface area contributed by atoms with Crippen molar-refractivity contribution in [1.29, 1.82) is 0 Å². The molecule has 2 unspecified atom stereocenters. The molecule has 0 spiro atoms. The lowest BCUT2D eigenvalue weighted by molar-refractivity contribution is -0.136. The van der Waals surface area contributed by atoms with Crippen LogP contribution in [0, 0.1) is 13.8 Å². The minimum Gasteiger partial charge on any atom is -0.476 e. The van der Waals surface area contributed by atoms with Crippen LogP contribution < -0.4 is 29.9 Å². The number of benzene rings is 2. The van der Waals surface area contributed by atoms with Crippen LogP contribution in [-0.4, -0.2) is 141 Å². The van der Waals surface area contributed by atoms with E-state index in [4.69, 9.17) is 62.6 Å². The Hall–Kier alpha value is -5.98. The van der Waals surface area contributed by atoms with E-state index in [-0.39, 0.29) is 29.7 Å². The normalized spacial score (nSPS) is 15.9. The minimum atomic E-state index is -1.59. The fourth-order valence-corrected chi connectivity index (χ4v) is 8.08. The molecule has 2 fully saturated rings. The van der Waals surface area contributed by atoms with Gasteiger partial charge in [-0.05, 0) is 114 Å². The second-order valence-corrected chi connectivity index (χ2v) is 16.9. The van der Waals surface area contributed by atoms with Gasteiger partial charge in [0.05, 0.1) is 29.0 Å². The number of carbonyl (C=O) groups excluding carboxylic acids is 2. The van der Waals surface area contributed by atoms with Crippen molar-refractivity contribution in [1.82, 2.24) is 39.7 Å². The van der Waals surface area contributed by atoms with E-state index in [0.717, 1.165) is 52.1 Å². The van der Waals surface area contributed by atoms with Gasteiger partial charge >= 0.3 is 0 Å². The molecule has 2 amide bonds. The number of β-amino-alcohol motifs (C(OH)–C–C–N with tert-alkyl or cyclic N) is 1. The molecular weight excluding hydrogens is 859 g/mol. The van der Waals surface area contributed by atoms with Gasteiger partial charge in [-0.1, -0.05) is 23.2 Å². The molecule has 2 atom stereocenters. The number of piperidine rings is 1. The zero-order chi connectivity index (χ0) is 44.9. The van der Waals surface area contributed by atoms with Crippen molar-refractivity contribution in [3.8, 4) is 11.5 Å². The van der Waals surface area contributed by atoms with Gasteiger partial charge in [0.1, 0.15) is 34.2 Å². The molecule has 4 aromatic heterocycles. The Kier molecular flexibility index (Phi) is 13.8. The second kappa shape index (κ2) is 19.8. The van der Waals surface area contributed by atoms with E-state index in [1.54, 1.807) is 72.8 Å². The van der Waals surface area contributed by atoms with Crippen molar-refractivity contribution in [2.75, 3.05) is 86.9 Å². The lowest BCUT2D eigenvalue weighted by Gasteiger charge is -2.35. The van der Waals surface area contributed by atoms with Gasteiger partial charge in [-0.2, -0.15) is 0 Å². The number of aromatic nitrogens is 6. The number of aliphatic hydroxyl groups excluding tert-OH is 1. The average Bonchev–Trinajstić information content (AvgIpc) is 3.29. The van der Waals surface area contributed by atoms with Gasteiger partial charge in [0, 0.05) is 61.9 Å². The summed E-state index contributed by atoms with van der Waals surface area (Å²) in [6, 6.07) is 20.1. The standard InChI is InChI=1S/C45H50Cl2N12O5/c1-27-38-34(50-44(48-27)58-19-17-31(18-20-58)56(3)4)13-15-36(52-38)54-42(61)40(63-32-9-5-29(46)6-10-32)41(64-33-11-7-30(47)8-12-33)43(62)55-37-16-14-35-39(53-37)28(2)49-45(51-35)59-23-21-57(22-24-59)25-26-60/h5-16,31,40-41,60H,17-26H2,1-4H3,(H,52,54,61)(H,53,55,62). The smallest absolute Gasteiger partial charge is 0.271 e. The van der Waals surface area contributed by atoms with Crippen LogP contribution >= 0.6 is 23.2 Å². The molecule has 0 bridgehead atoms. The molecule has 2 aromatic carbocycles. The number of amides is 2. The van der Waals surface area contributed by atoms with Crippen LogP contribution in [-0.2, 0) is 9.59 Å². The fraction of sp³-hybridized carbons (Fsp3) is 0.378. The number of fused-ring (bicyclic) bond motifs is 2. The van der Waals surface area contributed by atoms with Crippen molar-refractivity contribution >= 4 is 80.6 Å². The third-order valence-corrected chi connectivity index (χ3v) is 11.9. The number of halogens is 2. The molecule has 17 nitrogen and oxygen atoms in total. The number of hydrogen-bond acceptors (Lipinski definition) is 15. The van der Waals surface area contributed by atoms with E-state index in [1.807, 2.05) is 13.8 Å². The molecule has 0 radical (unpaired) electrons. The molecule has 0 saturated carbocycles. The highest BCUT2D eigenvalue weighted by atomic mass is 35.5. The highest BCUT2D eigenvalue weighted by Gasteiger charge is 2.39. The summed E-state index contributed by atoms with van der Waals surface area (Å²) in [5.41, 5.74) is 3.51. The maximum atomic E-state index is 14.5. The number of nitrogens with one attached hydrogen (secondary N) is 2. The molecule has 334 valence electrons. The van der Waals surface area contributed by atoms with E-state index in [0.29, 0.717) is 68.0 Å². The monoisotopic (exact) mass is 908 g/mol. The minimum absolute atomic E-state index is 0.115. The lowest BCUT2D eigenvalue weighted by Crippen LogP contribution is -2.51. The Morgan fingerprint density at radius 3 is 1.52 bits per heavy atom. The maximum Gasteiger partial charge on any atom is 0.271 e. The number of nitrogens with zero attached hydrogens (tertiary/aromatic N) is 10. The number of pyridine rings is 2. The Morgan fingerprint density at radius 1 is 0.656 bits per heavy atom. The van der Waals surface area contributed by atoms with Crippen molar-refractivity contribution in [2.45, 2.75) is 44.9 Å². The third-order valence-electron chi connectivity index (χ3n) is 11.4. The van der Waals surface area contributed by atoms with Gasteiger partial charge in [-0.15, -0.1) is 0 Å². The molecule has 2 aliphatic rings. The molecule has 8 rings (SSSR count). The number of anilines is 4. The Bertz CT molecular complexity index is 2610. The molecule has 6 aromatic rings. The number of hydrogen-bond donors (Lipinski definition) is 3. The summed E-state index contributed by atoms with van der Waals surface area (Å²) < 4.78 is 12.6. The summed E-state index contributed by atoms with van der Waals surface area (Å²) in [5, 5.41) is 15.9. The zero-order valence-electron chi connectivity index (χ0n) is 36.0. The molecule has 2 saturated heterocycles. The first kappa shape index (κ1) is 44.6. The Labute approximate surface area is 380 Å². The van der Waals surface area contributed by atoms with Crippen LogP contribution in [0.25, 0.3) is 22.1 Å². The summed E-state index contributed by atoms with van der Waals surface area (Å²) >= 11 is 12.4. The topological polar surface area (TPSA) is 187 Å².